The highest BCUT2D eigenvalue weighted by molar-refractivity contribution is 6.31. The van der Waals surface area contributed by atoms with Gasteiger partial charge in [-0.25, -0.2) is 9.37 Å². The number of ether oxygens (including phenoxy) is 1. The number of fused-ring (bicyclic) bond motifs is 1. The van der Waals surface area contributed by atoms with Crippen LogP contribution in [0.1, 0.15) is 23.0 Å². The number of benzene rings is 1. The van der Waals surface area contributed by atoms with Crippen molar-refractivity contribution in [3.8, 4) is 0 Å². The number of anilines is 2. The Balaban J connectivity index is 1.72. The van der Waals surface area contributed by atoms with Gasteiger partial charge in [-0.15, -0.1) is 5.10 Å². The van der Waals surface area contributed by atoms with Crippen molar-refractivity contribution in [2.75, 3.05) is 36.5 Å². The number of hydrogen-bond donors (Lipinski definition) is 2. The first-order chi connectivity index (χ1) is 13.9. The average molecular weight is 417 g/mol. The molecule has 3 N–H and O–H groups in total. The summed E-state index contributed by atoms with van der Waals surface area (Å²) >= 11 is 6.11. The lowest BCUT2D eigenvalue weighted by Gasteiger charge is -2.28. The van der Waals surface area contributed by atoms with Crippen molar-refractivity contribution >= 4 is 34.0 Å². The highest BCUT2D eigenvalue weighted by Gasteiger charge is 2.18. The van der Waals surface area contributed by atoms with E-state index >= 15 is 0 Å². The molecule has 9 heteroatoms. The monoisotopic (exact) mass is 416 g/mol. The second-order valence-corrected chi connectivity index (χ2v) is 7.45. The molecule has 1 atom stereocenters. The number of nitrogens with one attached hydrogen (secondary N) is 1. The molecule has 3 aromatic rings. The van der Waals surface area contributed by atoms with Gasteiger partial charge < -0.3 is 20.7 Å². The summed E-state index contributed by atoms with van der Waals surface area (Å²) < 4.78 is 19.3. The summed E-state index contributed by atoms with van der Waals surface area (Å²) in [5.74, 6) is 0.913. The van der Waals surface area contributed by atoms with Gasteiger partial charge in [0.05, 0.1) is 18.9 Å². The van der Waals surface area contributed by atoms with Gasteiger partial charge in [0.2, 0.25) is 0 Å². The summed E-state index contributed by atoms with van der Waals surface area (Å²) in [4.78, 5) is 6.75. The van der Waals surface area contributed by atoms with Gasteiger partial charge in [0.15, 0.2) is 5.82 Å². The molecule has 0 unspecified atom stereocenters. The van der Waals surface area contributed by atoms with Crippen LogP contribution in [-0.2, 0) is 4.74 Å². The third-order valence-electron chi connectivity index (χ3n) is 5.15. The fourth-order valence-corrected chi connectivity index (χ4v) is 3.66. The Morgan fingerprint density at radius 1 is 1.17 bits per heavy atom. The molecule has 0 aliphatic carbocycles. The topological polar surface area (TPSA) is 89.2 Å². The van der Waals surface area contributed by atoms with Gasteiger partial charge in [0.1, 0.15) is 17.8 Å². The molecule has 2 aromatic heterocycles. The molecule has 4 rings (SSSR count). The van der Waals surface area contributed by atoms with Crippen LogP contribution in [0.3, 0.4) is 0 Å². The van der Waals surface area contributed by atoms with Crippen LogP contribution in [0.2, 0.25) is 5.02 Å². The largest absolute Gasteiger partial charge is 0.378 e. The van der Waals surface area contributed by atoms with E-state index in [1.807, 2.05) is 13.0 Å². The lowest BCUT2D eigenvalue weighted by atomic mass is 10.1. The van der Waals surface area contributed by atoms with Gasteiger partial charge in [-0.1, -0.05) is 11.6 Å². The molecule has 1 fully saturated rings. The van der Waals surface area contributed by atoms with E-state index in [4.69, 9.17) is 22.1 Å². The SMILES string of the molecule is Cc1c(Cl)cc(F)cc1[C@@H](N)Nc1nnc(C)c2cnc(N3CCOCC3)cc12. The van der Waals surface area contributed by atoms with E-state index in [0.717, 1.165) is 35.4 Å². The lowest BCUT2D eigenvalue weighted by Crippen LogP contribution is -2.36. The number of nitrogens with zero attached hydrogens (tertiary/aromatic N) is 4. The van der Waals surface area contributed by atoms with Crippen LogP contribution in [0.25, 0.3) is 10.8 Å². The van der Waals surface area contributed by atoms with Crippen molar-refractivity contribution in [3.63, 3.8) is 0 Å². The molecular formula is C20H22ClFN6O. The lowest BCUT2D eigenvalue weighted by molar-refractivity contribution is 0.122. The number of morpholine rings is 1. The molecule has 0 radical (unpaired) electrons. The first kappa shape index (κ1) is 19.8. The summed E-state index contributed by atoms with van der Waals surface area (Å²) in [6, 6.07) is 4.63. The third kappa shape index (κ3) is 3.96. The molecule has 7 nitrogen and oxygen atoms in total. The number of pyridine rings is 1. The normalized spacial score (nSPS) is 15.6. The molecule has 0 saturated carbocycles. The standard InChI is InChI=1S/C20H22ClFN6O/c1-11-14(7-13(22)8-17(11)21)19(23)25-20-15-9-18(28-3-5-29-6-4-28)24-10-16(15)12(2)26-27-20/h7-10,19H,3-6,23H2,1-2H3,(H,25,27)/t19-/m0/s1. The van der Waals surface area contributed by atoms with E-state index < -0.39 is 12.0 Å². The van der Waals surface area contributed by atoms with Gasteiger partial charge in [-0.2, -0.15) is 5.10 Å². The van der Waals surface area contributed by atoms with E-state index in [-0.39, 0.29) is 0 Å². The zero-order valence-corrected chi connectivity index (χ0v) is 17.0. The van der Waals surface area contributed by atoms with Gasteiger partial charge >= 0.3 is 0 Å². The molecule has 1 saturated heterocycles. The third-order valence-corrected chi connectivity index (χ3v) is 5.54. The zero-order chi connectivity index (χ0) is 20.5. The van der Waals surface area contributed by atoms with Crippen LogP contribution in [0.15, 0.2) is 24.4 Å². The van der Waals surface area contributed by atoms with Crippen LogP contribution < -0.4 is 16.0 Å². The maximum Gasteiger partial charge on any atom is 0.158 e. The Bertz CT molecular complexity index is 1060. The number of rotatable bonds is 4. The number of aromatic nitrogens is 3. The van der Waals surface area contributed by atoms with Crippen LogP contribution >= 0.6 is 11.6 Å². The van der Waals surface area contributed by atoms with Gasteiger partial charge in [0, 0.05) is 35.1 Å². The summed E-state index contributed by atoms with van der Waals surface area (Å²) in [5.41, 5.74) is 8.38. The molecule has 3 heterocycles. The Morgan fingerprint density at radius 3 is 2.69 bits per heavy atom. The van der Waals surface area contributed by atoms with Crippen LogP contribution in [0.4, 0.5) is 16.0 Å². The van der Waals surface area contributed by atoms with Crippen molar-refractivity contribution in [1.29, 1.82) is 0 Å². The van der Waals surface area contributed by atoms with Crippen molar-refractivity contribution in [1.82, 2.24) is 15.2 Å². The van der Waals surface area contributed by atoms with Gasteiger partial charge in [-0.3, -0.25) is 0 Å². The molecule has 0 bridgehead atoms. The number of hydrogen-bond acceptors (Lipinski definition) is 7. The predicted octanol–water partition coefficient (Wildman–Crippen LogP) is 3.34. The Hall–Kier alpha value is -2.55. The van der Waals surface area contributed by atoms with E-state index in [0.29, 0.717) is 35.2 Å². The van der Waals surface area contributed by atoms with Crippen molar-refractivity contribution < 1.29 is 9.13 Å². The van der Waals surface area contributed by atoms with Crippen molar-refractivity contribution in [2.45, 2.75) is 20.0 Å². The van der Waals surface area contributed by atoms with Crippen LogP contribution in [0, 0.1) is 19.7 Å². The first-order valence-electron chi connectivity index (χ1n) is 9.37. The highest BCUT2D eigenvalue weighted by Crippen LogP contribution is 2.30. The number of halogens is 2. The van der Waals surface area contributed by atoms with E-state index in [1.165, 1.54) is 12.1 Å². The maximum atomic E-state index is 13.9. The number of nitrogens with two attached hydrogens (primary N) is 1. The van der Waals surface area contributed by atoms with Crippen LogP contribution in [0.5, 0.6) is 0 Å². The molecular weight excluding hydrogens is 395 g/mol. The molecule has 1 aliphatic heterocycles. The van der Waals surface area contributed by atoms with Crippen LogP contribution in [-0.4, -0.2) is 41.5 Å². The second kappa shape index (κ2) is 8.06. The molecule has 0 amide bonds. The smallest absolute Gasteiger partial charge is 0.158 e. The average Bonchev–Trinajstić information content (AvgIpc) is 2.73. The fourth-order valence-electron chi connectivity index (χ4n) is 3.45. The summed E-state index contributed by atoms with van der Waals surface area (Å²) in [6.07, 6.45) is 1.09. The molecule has 1 aliphatic rings. The maximum absolute atomic E-state index is 13.9. The Labute approximate surface area is 173 Å². The molecule has 152 valence electrons. The summed E-state index contributed by atoms with van der Waals surface area (Å²) in [7, 11) is 0. The van der Waals surface area contributed by atoms with E-state index in [1.54, 1.807) is 13.1 Å². The predicted molar refractivity (Wildman–Crippen MR) is 112 cm³/mol. The first-order valence-corrected chi connectivity index (χ1v) is 9.75. The van der Waals surface area contributed by atoms with Gasteiger partial charge in [0.25, 0.3) is 0 Å². The second-order valence-electron chi connectivity index (χ2n) is 7.05. The Kier molecular flexibility index (Phi) is 5.49. The van der Waals surface area contributed by atoms with E-state index in [2.05, 4.69) is 25.4 Å². The summed E-state index contributed by atoms with van der Waals surface area (Å²) in [5, 5.41) is 13.7. The van der Waals surface area contributed by atoms with Gasteiger partial charge in [-0.05, 0) is 43.2 Å². The minimum absolute atomic E-state index is 0.330. The fraction of sp³-hybridized carbons (Fsp3) is 0.350. The molecule has 29 heavy (non-hydrogen) atoms. The minimum Gasteiger partial charge on any atom is -0.378 e. The Morgan fingerprint density at radius 2 is 1.93 bits per heavy atom. The minimum atomic E-state index is -0.705. The van der Waals surface area contributed by atoms with Crippen molar-refractivity contribution in [3.05, 3.63) is 52.1 Å². The number of aryl methyl sites for hydroxylation is 1. The van der Waals surface area contributed by atoms with Crippen molar-refractivity contribution in [2.24, 2.45) is 5.73 Å². The molecule has 0 spiro atoms. The quantitative estimate of drug-likeness (QED) is 0.630. The molecule has 1 aromatic carbocycles. The summed E-state index contributed by atoms with van der Waals surface area (Å²) in [6.45, 7) is 6.58. The van der Waals surface area contributed by atoms with E-state index in [9.17, 15) is 4.39 Å². The zero-order valence-electron chi connectivity index (χ0n) is 16.2. The highest BCUT2D eigenvalue weighted by atomic mass is 35.5.